The van der Waals surface area contributed by atoms with Gasteiger partial charge in [0.1, 0.15) is 5.69 Å². The Morgan fingerprint density at radius 1 is 1.00 bits per heavy atom. The van der Waals surface area contributed by atoms with Crippen LogP contribution in [0.15, 0.2) is 48.6 Å². The van der Waals surface area contributed by atoms with Crippen molar-refractivity contribution in [3.05, 3.63) is 76.6 Å². The molecule has 1 saturated heterocycles. The van der Waals surface area contributed by atoms with E-state index in [4.69, 9.17) is 21.2 Å². The summed E-state index contributed by atoms with van der Waals surface area (Å²) in [6.45, 7) is 11.1. The number of primary amides is 1. The number of ether oxygens (including phenoxy) is 1. The number of benzene rings is 2. The number of nitrogens with zero attached hydrogens (tertiary/aromatic N) is 7. The zero-order chi connectivity index (χ0) is 31.7. The van der Waals surface area contributed by atoms with Crippen molar-refractivity contribution in [2.24, 2.45) is 5.73 Å². The number of aryl methyl sites for hydroxylation is 3. The molecule has 1 aliphatic rings. The van der Waals surface area contributed by atoms with E-state index in [0.717, 1.165) is 53.0 Å². The minimum Gasteiger partial charge on any atom is -0.379 e. The topological polar surface area (TPSA) is 164 Å². The van der Waals surface area contributed by atoms with E-state index in [0.29, 0.717) is 61.5 Å². The molecular weight excluding hydrogens is 572 g/mol. The molecule has 45 heavy (non-hydrogen) atoms. The van der Waals surface area contributed by atoms with Crippen molar-refractivity contribution < 1.29 is 14.3 Å². The highest BCUT2D eigenvalue weighted by Crippen LogP contribution is 2.27. The molecule has 0 saturated carbocycles. The van der Waals surface area contributed by atoms with E-state index < -0.39 is 5.91 Å². The van der Waals surface area contributed by atoms with Gasteiger partial charge in [0.15, 0.2) is 0 Å². The highest BCUT2D eigenvalue weighted by atomic mass is 16.5. The zero-order valence-electron chi connectivity index (χ0n) is 25.8. The van der Waals surface area contributed by atoms with E-state index >= 15 is 0 Å². The van der Waals surface area contributed by atoms with Gasteiger partial charge in [0.25, 0.3) is 5.91 Å². The Morgan fingerprint density at radius 3 is 2.49 bits per heavy atom. The molecule has 5 N–H and O–H groups in total. The van der Waals surface area contributed by atoms with Crippen molar-refractivity contribution in [1.82, 2.24) is 33.8 Å². The number of imidazole rings is 2. The molecule has 6 rings (SSSR count). The summed E-state index contributed by atoms with van der Waals surface area (Å²) in [5.74, 6) is 0.0240. The van der Waals surface area contributed by atoms with Crippen LogP contribution in [0.25, 0.3) is 22.1 Å². The Kier molecular flexibility index (Phi) is 8.37. The molecule has 4 heterocycles. The quantitative estimate of drug-likeness (QED) is 0.203. The van der Waals surface area contributed by atoms with Crippen LogP contribution in [0.3, 0.4) is 0 Å². The minimum absolute atomic E-state index is 0.267. The molecule has 5 aromatic rings. The van der Waals surface area contributed by atoms with Crippen molar-refractivity contribution in [2.45, 2.75) is 47.0 Å². The largest absolute Gasteiger partial charge is 0.379 e. The van der Waals surface area contributed by atoms with E-state index in [1.165, 1.54) is 0 Å². The lowest BCUT2D eigenvalue weighted by Gasteiger charge is -2.27. The van der Waals surface area contributed by atoms with Gasteiger partial charge in [0.2, 0.25) is 17.8 Å². The molecule has 1 aliphatic heterocycles. The molecule has 2 aromatic carbocycles. The van der Waals surface area contributed by atoms with Crippen LogP contribution >= 0.6 is 0 Å². The summed E-state index contributed by atoms with van der Waals surface area (Å²) in [4.78, 5) is 36.9. The normalized spacial score (nSPS) is 14.2. The minimum atomic E-state index is -0.509. The summed E-state index contributed by atoms with van der Waals surface area (Å²) in [7, 11) is 0. The molecule has 0 radical (unpaired) electrons. The third-order valence-electron chi connectivity index (χ3n) is 8.10. The number of anilines is 2. The predicted octanol–water partition coefficient (Wildman–Crippen LogP) is 3.24. The Labute approximate surface area is 260 Å². The molecule has 3 aromatic heterocycles. The van der Waals surface area contributed by atoms with Gasteiger partial charge < -0.3 is 25.3 Å². The van der Waals surface area contributed by atoms with Gasteiger partial charge in [-0.15, -0.1) is 0 Å². The number of aromatic nitrogens is 6. The van der Waals surface area contributed by atoms with Gasteiger partial charge in [0.05, 0.1) is 41.0 Å². The summed E-state index contributed by atoms with van der Waals surface area (Å²) in [6.07, 6.45) is 4.04. The van der Waals surface area contributed by atoms with Crippen LogP contribution in [0.1, 0.15) is 44.6 Å². The standard InChI is InChI=1S/C32H38N10O3/c1-4-42-26(17-21(3)38-42)30(44)37-32-36-24-9-7-8-22(19-39-12-14-45-15-13-39)28(24)41(32)11-6-5-10-40-27-20(2)16-23(29(33)43)18-25(27)35-31(40)34/h5-9,16-18H,4,10-15,19H2,1-3H3,(H2,33,43)(H2,34,35)(H,36,37,44)/b6-5+. The average molecular weight is 611 g/mol. The molecule has 0 bridgehead atoms. The second-order valence-corrected chi connectivity index (χ2v) is 11.2. The van der Waals surface area contributed by atoms with Crippen LogP contribution in [-0.4, -0.2) is 71.9 Å². The lowest BCUT2D eigenvalue weighted by Crippen LogP contribution is -2.35. The molecule has 234 valence electrons. The molecule has 0 spiro atoms. The Bertz CT molecular complexity index is 1930. The summed E-state index contributed by atoms with van der Waals surface area (Å²) >= 11 is 0. The van der Waals surface area contributed by atoms with Crippen LogP contribution in [0, 0.1) is 13.8 Å². The van der Waals surface area contributed by atoms with Gasteiger partial charge in [-0.3, -0.25) is 24.5 Å². The van der Waals surface area contributed by atoms with Crippen molar-refractivity contribution in [2.75, 3.05) is 37.4 Å². The number of fused-ring (bicyclic) bond motifs is 2. The van der Waals surface area contributed by atoms with Gasteiger partial charge in [-0.2, -0.15) is 5.10 Å². The second kappa shape index (κ2) is 12.5. The number of amides is 2. The van der Waals surface area contributed by atoms with E-state index in [2.05, 4.69) is 26.4 Å². The number of nitrogens with one attached hydrogen (secondary N) is 1. The fourth-order valence-electron chi connectivity index (χ4n) is 5.98. The lowest BCUT2D eigenvalue weighted by atomic mass is 10.1. The fourth-order valence-corrected chi connectivity index (χ4v) is 5.98. The maximum atomic E-state index is 13.5. The van der Waals surface area contributed by atoms with Crippen LogP contribution in [-0.2, 0) is 30.9 Å². The van der Waals surface area contributed by atoms with E-state index in [9.17, 15) is 9.59 Å². The van der Waals surface area contributed by atoms with Crippen molar-refractivity contribution in [3.8, 4) is 0 Å². The van der Waals surface area contributed by atoms with Gasteiger partial charge in [-0.25, -0.2) is 9.97 Å². The number of nitrogen functional groups attached to an aromatic ring is 1. The first kappa shape index (κ1) is 30.0. The highest BCUT2D eigenvalue weighted by Gasteiger charge is 2.21. The molecule has 0 unspecified atom stereocenters. The molecule has 1 fully saturated rings. The molecular formula is C32H38N10O3. The number of morpholine rings is 1. The molecule has 13 heteroatoms. The smallest absolute Gasteiger partial charge is 0.276 e. The number of hydrogen-bond donors (Lipinski definition) is 3. The highest BCUT2D eigenvalue weighted by molar-refractivity contribution is 6.03. The van der Waals surface area contributed by atoms with Crippen LogP contribution in [0.5, 0.6) is 0 Å². The zero-order valence-corrected chi connectivity index (χ0v) is 25.8. The average Bonchev–Trinajstić information content (AvgIpc) is 3.68. The summed E-state index contributed by atoms with van der Waals surface area (Å²) in [5.41, 5.74) is 18.6. The van der Waals surface area contributed by atoms with Crippen molar-refractivity contribution in [3.63, 3.8) is 0 Å². The van der Waals surface area contributed by atoms with Crippen molar-refractivity contribution in [1.29, 1.82) is 0 Å². The molecule has 0 aliphatic carbocycles. The Balaban J connectivity index is 1.33. The number of allylic oxidation sites excluding steroid dienone is 2. The molecule has 13 nitrogen and oxygen atoms in total. The Hall–Kier alpha value is -5.01. The van der Waals surface area contributed by atoms with Crippen LogP contribution in [0.4, 0.5) is 11.9 Å². The monoisotopic (exact) mass is 610 g/mol. The van der Waals surface area contributed by atoms with E-state index in [1.807, 2.05) is 54.2 Å². The van der Waals surface area contributed by atoms with Crippen molar-refractivity contribution >= 4 is 45.8 Å². The first-order chi connectivity index (χ1) is 21.7. The number of rotatable bonds is 10. The van der Waals surface area contributed by atoms with Gasteiger partial charge in [-0.1, -0.05) is 24.3 Å². The predicted molar refractivity (Wildman–Crippen MR) is 173 cm³/mol. The second-order valence-electron chi connectivity index (χ2n) is 11.2. The molecule has 2 amide bonds. The van der Waals surface area contributed by atoms with E-state index in [-0.39, 0.29) is 5.91 Å². The van der Waals surface area contributed by atoms with Gasteiger partial charge in [-0.05, 0) is 56.2 Å². The third kappa shape index (κ3) is 6.04. The first-order valence-electron chi connectivity index (χ1n) is 15.1. The number of nitrogens with two attached hydrogens (primary N) is 2. The summed E-state index contributed by atoms with van der Waals surface area (Å²) < 4.78 is 11.2. The number of carbonyl (C=O) groups is 2. The van der Waals surface area contributed by atoms with Gasteiger partial charge in [0, 0.05) is 44.8 Å². The Morgan fingerprint density at radius 2 is 1.76 bits per heavy atom. The summed E-state index contributed by atoms with van der Waals surface area (Å²) in [5, 5.41) is 7.49. The maximum Gasteiger partial charge on any atom is 0.276 e. The molecule has 0 atom stereocenters. The van der Waals surface area contributed by atoms with Gasteiger partial charge >= 0.3 is 0 Å². The third-order valence-corrected chi connectivity index (χ3v) is 8.10. The number of para-hydroxylation sites is 1. The number of carbonyl (C=O) groups excluding carboxylic acids is 2. The number of hydrogen-bond acceptors (Lipinski definition) is 8. The SMILES string of the molecule is CCn1nc(C)cc1C(=O)Nc1nc2cccc(CN3CCOCC3)c2n1C/C=C/Cn1c(N)nc2cc(C(N)=O)cc(C)c21. The first-order valence-corrected chi connectivity index (χ1v) is 15.1. The van der Waals surface area contributed by atoms with Crippen LogP contribution < -0.4 is 16.8 Å². The van der Waals surface area contributed by atoms with E-state index in [1.54, 1.807) is 22.9 Å². The van der Waals surface area contributed by atoms with Crippen LogP contribution in [0.2, 0.25) is 0 Å². The summed E-state index contributed by atoms with van der Waals surface area (Å²) in [6, 6.07) is 11.3. The maximum absolute atomic E-state index is 13.5. The lowest BCUT2D eigenvalue weighted by molar-refractivity contribution is 0.0343. The fraction of sp³-hybridized carbons (Fsp3) is 0.344.